The van der Waals surface area contributed by atoms with Crippen molar-refractivity contribution in [3.63, 3.8) is 0 Å². The Kier molecular flexibility index (Phi) is 5.73. The van der Waals surface area contributed by atoms with Gasteiger partial charge in [-0.05, 0) is 42.7 Å². The van der Waals surface area contributed by atoms with E-state index in [1.165, 1.54) is 17.5 Å². The predicted octanol–water partition coefficient (Wildman–Crippen LogP) is 3.53. The smallest absolute Gasteiger partial charge is 0.255 e. The van der Waals surface area contributed by atoms with Crippen molar-refractivity contribution >= 4 is 27.3 Å². The SMILES string of the molecule is CC1Cc2ccccc2N1Cc1occc1C(=O)NCc1ccccc1NS(C)(=O)=O. The third-order valence-electron chi connectivity index (χ3n) is 5.40. The average molecular weight is 440 g/mol. The molecular weight excluding hydrogens is 414 g/mol. The number of carbonyl (C=O) groups is 1. The zero-order valence-corrected chi connectivity index (χ0v) is 18.3. The zero-order chi connectivity index (χ0) is 22.0. The standard InChI is InChI=1S/C23H25N3O4S/c1-16-13-17-7-4-6-10-21(17)26(16)15-22-19(11-12-30-22)23(27)24-14-18-8-3-5-9-20(18)25-31(2,28)29/h3-12,16,25H,13-15H2,1-2H3,(H,24,27). The Labute approximate surface area is 182 Å². The van der Waals surface area contributed by atoms with Crippen molar-refractivity contribution in [3.8, 4) is 0 Å². The summed E-state index contributed by atoms with van der Waals surface area (Å²) < 4.78 is 31.3. The van der Waals surface area contributed by atoms with Gasteiger partial charge in [0.05, 0.1) is 30.3 Å². The first-order chi connectivity index (χ1) is 14.8. The summed E-state index contributed by atoms with van der Waals surface area (Å²) in [6.45, 7) is 2.85. The molecule has 1 unspecified atom stereocenters. The highest BCUT2D eigenvalue weighted by atomic mass is 32.2. The normalized spacial score (nSPS) is 15.5. The molecule has 0 spiro atoms. The molecule has 0 saturated heterocycles. The second-order valence-corrected chi connectivity index (χ2v) is 9.53. The van der Waals surface area contributed by atoms with E-state index in [0.717, 1.165) is 12.7 Å². The molecule has 0 aliphatic carbocycles. The van der Waals surface area contributed by atoms with Gasteiger partial charge in [0.15, 0.2) is 0 Å². The number of fused-ring (bicyclic) bond motifs is 1. The van der Waals surface area contributed by atoms with Crippen LogP contribution in [0.3, 0.4) is 0 Å². The maximum absolute atomic E-state index is 12.9. The molecule has 2 aromatic carbocycles. The van der Waals surface area contributed by atoms with Crippen LogP contribution in [0.1, 0.15) is 34.2 Å². The van der Waals surface area contributed by atoms with Crippen LogP contribution in [0, 0.1) is 0 Å². The molecule has 1 aliphatic heterocycles. The summed E-state index contributed by atoms with van der Waals surface area (Å²) in [5, 5.41) is 2.87. The molecule has 0 bridgehead atoms. The fraction of sp³-hybridized carbons (Fsp3) is 0.261. The minimum absolute atomic E-state index is 0.186. The fourth-order valence-electron chi connectivity index (χ4n) is 3.94. The van der Waals surface area contributed by atoms with Gasteiger partial charge in [-0.1, -0.05) is 36.4 Å². The second kappa shape index (κ2) is 8.47. The van der Waals surface area contributed by atoms with Crippen LogP contribution < -0.4 is 14.9 Å². The van der Waals surface area contributed by atoms with Gasteiger partial charge in [0.25, 0.3) is 5.91 Å². The van der Waals surface area contributed by atoms with Gasteiger partial charge in [-0.15, -0.1) is 0 Å². The summed E-state index contributed by atoms with van der Waals surface area (Å²) in [6.07, 6.45) is 3.58. The first kappa shape index (κ1) is 21.0. The van der Waals surface area contributed by atoms with Crippen molar-refractivity contribution in [2.24, 2.45) is 0 Å². The first-order valence-corrected chi connectivity index (χ1v) is 12.0. The molecule has 1 atom stereocenters. The lowest BCUT2D eigenvalue weighted by molar-refractivity contribution is 0.0949. The molecule has 3 aromatic rings. The quantitative estimate of drug-likeness (QED) is 0.588. The molecule has 0 fully saturated rings. The van der Waals surface area contributed by atoms with Crippen LogP contribution in [0.4, 0.5) is 11.4 Å². The highest BCUT2D eigenvalue weighted by Crippen LogP contribution is 2.33. The van der Waals surface area contributed by atoms with Gasteiger partial charge in [-0.3, -0.25) is 9.52 Å². The highest BCUT2D eigenvalue weighted by molar-refractivity contribution is 7.92. The number of nitrogens with zero attached hydrogens (tertiary/aromatic N) is 1. The lowest BCUT2D eigenvalue weighted by Gasteiger charge is -2.24. The van der Waals surface area contributed by atoms with Crippen molar-refractivity contribution in [2.75, 3.05) is 15.9 Å². The molecule has 162 valence electrons. The minimum atomic E-state index is -3.41. The zero-order valence-electron chi connectivity index (χ0n) is 17.5. The van der Waals surface area contributed by atoms with Gasteiger partial charge in [0, 0.05) is 18.3 Å². The van der Waals surface area contributed by atoms with E-state index < -0.39 is 10.0 Å². The molecule has 31 heavy (non-hydrogen) atoms. The summed E-state index contributed by atoms with van der Waals surface area (Å²) in [5.41, 5.74) is 4.06. The van der Waals surface area contributed by atoms with Crippen LogP contribution >= 0.6 is 0 Å². The van der Waals surface area contributed by atoms with Crippen molar-refractivity contribution in [1.29, 1.82) is 0 Å². The van der Waals surface area contributed by atoms with Gasteiger partial charge >= 0.3 is 0 Å². The largest absolute Gasteiger partial charge is 0.467 e. The number of carbonyl (C=O) groups excluding carboxylic acids is 1. The van der Waals surface area contributed by atoms with E-state index in [-0.39, 0.29) is 12.5 Å². The van der Waals surface area contributed by atoms with Crippen molar-refractivity contribution in [3.05, 3.63) is 83.3 Å². The number of hydrogen-bond acceptors (Lipinski definition) is 5. The van der Waals surface area contributed by atoms with Crippen molar-refractivity contribution in [1.82, 2.24) is 5.32 Å². The number of sulfonamides is 1. The van der Waals surface area contributed by atoms with Crippen LogP contribution in [0.5, 0.6) is 0 Å². The topological polar surface area (TPSA) is 91.7 Å². The number of rotatable bonds is 7. The molecule has 4 rings (SSSR count). The fourth-order valence-corrected chi connectivity index (χ4v) is 4.53. The maximum Gasteiger partial charge on any atom is 0.255 e. The lowest BCUT2D eigenvalue weighted by Crippen LogP contribution is -2.30. The molecule has 0 saturated carbocycles. The van der Waals surface area contributed by atoms with Gasteiger partial charge < -0.3 is 14.6 Å². The molecular formula is C23H25N3O4S. The Morgan fingerprint density at radius 2 is 1.87 bits per heavy atom. The third kappa shape index (κ3) is 4.74. The van der Waals surface area contributed by atoms with Gasteiger partial charge in [-0.2, -0.15) is 0 Å². The molecule has 1 aliphatic rings. The Morgan fingerprint density at radius 3 is 2.68 bits per heavy atom. The van der Waals surface area contributed by atoms with E-state index in [1.807, 2.05) is 12.1 Å². The number of furan rings is 1. The van der Waals surface area contributed by atoms with E-state index in [2.05, 4.69) is 34.0 Å². The van der Waals surface area contributed by atoms with E-state index in [9.17, 15) is 13.2 Å². The monoisotopic (exact) mass is 439 g/mol. The number of anilines is 2. The number of hydrogen-bond donors (Lipinski definition) is 2. The maximum atomic E-state index is 12.9. The first-order valence-electron chi connectivity index (χ1n) is 10.1. The van der Waals surface area contributed by atoms with Crippen LogP contribution in [0.15, 0.2) is 65.3 Å². The predicted molar refractivity (Wildman–Crippen MR) is 121 cm³/mol. The Bertz CT molecular complexity index is 1200. The summed E-state index contributed by atoms with van der Waals surface area (Å²) in [5.74, 6) is 0.335. The van der Waals surface area contributed by atoms with Crippen molar-refractivity contribution < 1.29 is 17.6 Å². The molecule has 8 heteroatoms. The van der Waals surface area contributed by atoms with Crippen LogP contribution in [-0.4, -0.2) is 26.6 Å². The number of nitrogens with one attached hydrogen (secondary N) is 2. The van der Waals surface area contributed by atoms with E-state index in [1.54, 1.807) is 30.3 Å². The van der Waals surface area contributed by atoms with Gasteiger partial charge in [0.2, 0.25) is 10.0 Å². The van der Waals surface area contributed by atoms with Crippen LogP contribution in [-0.2, 0) is 29.5 Å². The molecule has 1 aromatic heterocycles. The van der Waals surface area contributed by atoms with E-state index >= 15 is 0 Å². The Balaban J connectivity index is 1.47. The molecule has 2 N–H and O–H groups in total. The average Bonchev–Trinajstić information content (AvgIpc) is 3.31. The van der Waals surface area contributed by atoms with E-state index in [0.29, 0.717) is 35.2 Å². The number of benzene rings is 2. The lowest BCUT2D eigenvalue weighted by atomic mass is 10.1. The summed E-state index contributed by atoms with van der Waals surface area (Å²) in [7, 11) is -3.41. The minimum Gasteiger partial charge on any atom is -0.467 e. The van der Waals surface area contributed by atoms with Gasteiger partial charge in [0.1, 0.15) is 5.76 Å². The molecule has 1 amide bonds. The molecule has 7 nitrogen and oxygen atoms in total. The number of para-hydroxylation sites is 2. The van der Waals surface area contributed by atoms with Crippen molar-refractivity contribution in [2.45, 2.75) is 32.5 Å². The second-order valence-electron chi connectivity index (χ2n) is 7.78. The Hall–Kier alpha value is -3.26. The van der Waals surface area contributed by atoms with Crippen LogP contribution in [0.2, 0.25) is 0 Å². The highest BCUT2D eigenvalue weighted by Gasteiger charge is 2.28. The molecule has 0 radical (unpaired) electrons. The molecule has 2 heterocycles. The number of amides is 1. The summed E-state index contributed by atoms with van der Waals surface area (Å²) in [6, 6.07) is 17.2. The summed E-state index contributed by atoms with van der Waals surface area (Å²) >= 11 is 0. The third-order valence-corrected chi connectivity index (χ3v) is 6.00. The van der Waals surface area contributed by atoms with E-state index in [4.69, 9.17) is 4.42 Å². The van der Waals surface area contributed by atoms with Gasteiger partial charge in [-0.25, -0.2) is 8.42 Å². The summed E-state index contributed by atoms with van der Waals surface area (Å²) in [4.78, 5) is 15.1. The van der Waals surface area contributed by atoms with Crippen LogP contribution in [0.25, 0.3) is 0 Å². The Morgan fingerprint density at radius 1 is 1.13 bits per heavy atom.